The summed E-state index contributed by atoms with van der Waals surface area (Å²) in [5.74, 6) is 0.0603. The molecule has 1 aliphatic heterocycles. The van der Waals surface area contributed by atoms with Crippen LogP contribution in [0.3, 0.4) is 0 Å². The molecule has 0 saturated carbocycles. The van der Waals surface area contributed by atoms with E-state index in [1.807, 2.05) is 13.2 Å². The van der Waals surface area contributed by atoms with Crippen molar-refractivity contribution in [3.8, 4) is 0 Å². The SMILES string of the molecule is CCCCCCCCc1ccc2c3c(c[nH]c13)C[C@@H](NO)NC(=O)C(C(C)C)N2C. The van der Waals surface area contributed by atoms with E-state index in [0.717, 1.165) is 23.2 Å². The fraction of sp³-hybridized carbons (Fsp3) is 0.625. The largest absolute Gasteiger partial charge is 0.362 e. The number of nitrogens with zero attached hydrogens (tertiary/aromatic N) is 1. The molecule has 2 heterocycles. The van der Waals surface area contributed by atoms with Crippen LogP contribution in [-0.2, 0) is 17.6 Å². The molecule has 1 aromatic carbocycles. The number of H-pyrrole nitrogens is 1. The molecule has 0 spiro atoms. The maximum absolute atomic E-state index is 12.9. The number of nitrogens with one attached hydrogen (secondary N) is 3. The Labute approximate surface area is 180 Å². The quantitative estimate of drug-likeness (QED) is 0.360. The van der Waals surface area contributed by atoms with E-state index in [-0.39, 0.29) is 17.9 Å². The number of anilines is 1. The summed E-state index contributed by atoms with van der Waals surface area (Å²) < 4.78 is 0. The number of aryl methyl sites for hydroxylation is 1. The summed E-state index contributed by atoms with van der Waals surface area (Å²) in [6.07, 6.45) is 10.8. The van der Waals surface area contributed by atoms with Crippen molar-refractivity contribution in [1.82, 2.24) is 15.8 Å². The monoisotopic (exact) mass is 414 g/mol. The molecule has 0 bridgehead atoms. The molecule has 166 valence electrons. The first kappa shape index (κ1) is 22.6. The van der Waals surface area contributed by atoms with Crippen molar-refractivity contribution < 1.29 is 10.0 Å². The van der Waals surface area contributed by atoms with Crippen LogP contribution in [0.25, 0.3) is 10.9 Å². The van der Waals surface area contributed by atoms with Gasteiger partial charge in [-0.15, -0.1) is 0 Å². The number of aromatic amines is 1. The topological polar surface area (TPSA) is 80.4 Å². The van der Waals surface area contributed by atoms with Gasteiger partial charge in [0.2, 0.25) is 5.91 Å². The lowest BCUT2D eigenvalue weighted by Crippen LogP contribution is -2.54. The molecule has 6 heteroatoms. The average Bonchev–Trinajstić information content (AvgIpc) is 3.14. The molecule has 30 heavy (non-hydrogen) atoms. The van der Waals surface area contributed by atoms with Gasteiger partial charge in [-0.1, -0.05) is 58.9 Å². The highest BCUT2D eigenvalue weighted by molar-refractivity contribution is 5.99. The van der Waals surface area contributed by atoms with Crippen molar-refractivity contribution in [2.45, 2.75) is 84.3 Å². The Kier molecular flexibility index (Phi) is 7.78. The molecule has 1 aromatic heterocycles. The Bertz CT molecular complexity index is 845. The number of hydrogen-bond acceptors (Lipinski definition) is 4. The number of benzene rings is 1. The average molecular weight is 415 g/mol. The predicted molar refractivity (Wildman–Crippen MR) is 123 cm³/mol. The van der Waals surface area contributed by atoms with Crippen LogP contribution in [-0.4, -0.2) is 35.4 Å². The van der Waals surface area contributed by atoms with Gasteiger partial charge in [0, 0.05) is 30.7 Å². The second-order valence-corrected chi connectivity index (χ2v) is 9.02. The van der Waals surface area contributed by atoms with Crippen LogP contribution in [0.5, 0.6) is 0 Å². The third-order valence-electron chi connectivity index (χ3n) is 6.37. The first-order valence-electron chi connectivity index (χ1n) is 11.5. The summed E-state index contributed by atoms with van der Waals surface area (Å²) in [4.78, 5) is 18.5. The molecular formula is C24H38N4O2. The van der Waals surface area contributed by atoms with Crippen molar-refractivity contribution in [2.24, 2.45) is 5.92 Å². The zero-order valence-electron chi connectivity index (χ0n) is 18.9. The van der Waals surface area contributed by atoms with Gasteiger partial charge in [0.25, 0.3) is 0 Å². The Hall–Kier alpha value is -2.05. The fourth-order valence-corrected chi connectivity index (χ4v) is 4.80. The maximum Gasteiger partial charge on any atom is 0.244 e. The summed E-state index contributed by atoms with van der Waals surface area (Å²) in [5.41, 5.74) is 6.94. The number of rotatable bonds is 9. The summed E-state index contributed by atoms with van der Waals surface area (Å²) in [6, 6.07) is 4.07. The van der Waals surface area contributed by atoms with Gasteiger partial charge >= 0.3 is 0 Å². The minimum absolute atomic E-state index is 0.0718. The molecule has 1 amide bonds. The Morgan fingerprint density at radius 3 is 2.63 bits per heavy atom. The number of amides is 1. The van der Waals surface area contributed by atoms with E-state index < -0.39 is 6.17 Å². The number of aromatic nitrogens is 1. The van der Waals surface area contributed by atoms with E-state index >= 15 is 0 Å². The first-order valence-corrected chi connectivity index (χ1v) is 11.5. The van der Waals surface area contributed by atoms with Crippen LogP contribution in [0.2, 0.25) is 0 Å². The number of hydrogen-bond donors (Lipinski definition) is 4. The number of hydroxylamine groups is 1. The Morgan fingerprint density at radius 1 is 1.20 bits per heavy atom. The number of unbranched alkanes of at least 4 members (excludes halogenated alkanes) is 5. The first-order chi connectivity index (χ1) is 14.5. The molecule has 1 unspecified atom stereocenters. The molecule has 0 fully saturated rings. The maximum atomic E-state index is 12.9. The smallest absolute Gasteiger partial charge is 0.244 e. The summed E-state index contributed by atoms with van der Waals surface area (Å²) in [7, 11) is 2.00. The lowest BCUT2D eigenvalue weighted by Gasteiger charge is -2.32. The summed E-state index contributed by atoms with van der Waals surface area (Å²) >= 11 is 0. The van der Waals surface area contributed by atoms with Crippen molar-refractivity contribution in [3.05, 3.63) is 29.5 Å². The molecule has 4 N–H and O–H groups in total. The van der Waals surface area contributed by atoms with Crippen molar-refractivity contribution in [1.29, 1.82) is 0 Å². The van der Waals surface area contributed by atoms with E-state index in [4.69, 9.17) is 0 Å². The number of likely N-dealkylation sites (N-methyl/N-ethyl adjacent to an activating group) is 1. The number of carbonyl (C=O) groups excluding carboxylic acids is 1. The van der Waals surface area contributed by atoms with Gasteiger partial charge in [0.15, 0.2) is 0 Å². The second-order valence-electron chi connectivity index (χ2n) is 9.02. The van der Waals surface area contributed by atoms with Gasteiger partial charge in [-0.25, -0.2) is 0 Å². The van der Waals surface area contributed by atoms with Crippen LogP contribution in [0.4, 0.5) is 5.69 Å². The van der Waals surface area contributed by atoms with Crippen LogP contribution >= 0.6 is 0 Å². The van der Waals surface area contributed by atoms with Gasteiger partial charge in [-0.05, 0) is 36.0 Å². The molecule has 2 aromatic rings. The van der Waals surface area contributed by atoms with E-state index in [9.17, 15) is 10.0 Å². The van der Waals surface area contributed by atoms with Crippen LogP contribution in [0.1, 0.15) is 70.4 Å². The van der Waals surface area contributed by atoms with E-state index in [2.05, 4.69) is 53.6 Å². The summed E-state index contributed by atoms with van der Waals surface area (Å²) in [6.45, 7) is 6.36. The zero-order valence-corrected chi connectivity index (χ0v) is 18.9. The second kappa shape index (κ2) is 10.3. The Morgan fingerprint density at radius 2 is 1.93 bits per heavy atom. The molecule has 0 saturated heterocycles. The van der Waals surface area contributed by atoms with Gasteiger partial charge in [0.05, 0.1) is 5.52 Å². The Balaban J connectivity index is 1.93. The van der Waals surface area contributed by atoms with Gasteiger partial charge in [-0.3, -0.25) is 4.79 Å². The normalized spacial score (nSPS) is 19.7. The third kappa shape index (κ3) is 4.81. The van der Waals surface area contributed by atoms with Gasteiger partial charge in [-0.2, -0.15) is 5.48 Å². The van der Waals surface area contributed by atoms with Crippen LogP contribution < -0.4 is 15.7 Å². The molecule has 0 aliphatic carbocycles. The van der Waals surface area contributed by atoms with Crippen LogP contribution in [0.15, 0.2) is 18.3 Å². The highest BCUT2D eigenvalue weighted by atomic mass is 16.5. The highest BCUT2D eigenvalue weighted by Crippen LogP contribution is 2.35. The zero-order chi connectivity index (χ0) is 21.7. The third-order valence-corrected chi connectivity index (χ3v) is 6.37. The van der Waals surface area contributed by atoms with E-state index in [1.54, 1.807) is 0 Å². The van der Waals surface area contributed by atoms with Gasteiger partial charge < -0.3 is 20.4 Å². The van der Waals surface area contributed by atoms with E-state index in [1.165, 1.54) is 49.5 Å². The highest BCUT2D eigenvalue weighted by Gasteiger charge is 2.32. The molecule has 2 atom stereocenters. The lowest BCUT2D eigenvalue weighted by molar-refractivity contribution is -0.125. The van der Waals surface area contributed by atoms with Crippen molar-refractivity contribution in [3.63, 3.8) is 0 Å². The standard InChI is InChI=1S/C24H38N4O2/c1-5-6-7-8-9-10-11-17-12-13-19-21-18(15-25-22(17)21)14-20(27-30)26-24(29)23(16(2)3)28(19)4/h12-13,15-16,20,23,25,27,30H,5-11,14H2,1-4H3,(H,26,29)/t20-,23?/m1/s1. The predicted octanol–water partition coefficient (Wildman–Crippen LogP) is 4.51. The van der Waals surface area contributed by atoms with E-state index in [0.29, 0.717) is 6.42 Å². The molecule has 6 nitrogen and oxygen atoms in total. The minimum Gasteiger partial charge on any atom is -0.362 e. The number of carbonyl (C=O) groups is 1. The molecule has 1 aliphatic rings. The summed E-state index contributed by atoms with van der Waals surface area (Å²) in [5, 5.41) is 13.7. The molecular weight excluding hydrogens is 376 g/mol. The fourth-order valence-electron chi connectivity index (χ4n) is 4.80. The van der Waals surface area contributed by atoms with Crippen LogP contribution in [0, 0.1) is 5.92 Å². The molecule has 3 rings (SSSR count). The lowest BCUT2D eigenvalue weighted by atomic mass is 9.97. The molecule has 0 radical (unpaired) electrons. The van der Waals surface area contributed by atoms with Crippen molar-refractivity contribution >= 4 is 22.5 Å². The van der Waals surface area contributed by atoms with Gasteiger partial charge in [0.1, 0.15) is 12.2 Å². The van der Waals surface area contributed by atoms with Crippen molar-refractivity contribution in [2.75, 3.05) is 11.9 Å². The minimum atomic E-state index is -0.515.